The lowest BCUT2D eigenvalue weighted by atomic mass is 10.2. The van der Waals surface area contributed by atoms with E-state index < -0.39 is 0 Å². The maximum atomic E-state index is 12.0. The molecule has 1 saturated heterocycles. The van der Waals surface area contributed by atoms with E-state index in [0.29, 0.717) is 26.2 Å². The third-order valence-electron chi connectivity index (χ3n) is 3.29. The van der Waals surface area contributed by atoms with Crippen molar-refractivity contribution in [3.63, 3.8) is 0 Å². The number of piperazine rings is 1. The Hall–Kier alpha value is -2.30. The fraction of sp³-hybridized carbons (Fsp3) is 0.333. The van der Waals surface area contributed by atoms with Gasteiger partial charge >= 0.3 is 0 Å². The number of benzene rings is 1. The molecule has 1 aliphatic rings. The van der Waals surface area contributed by atoms with Crippen LogP contribution in [0.15, 0.2) is 30.3 Å². The van der Waals surface area contributed by atoms with E-state index in [9.17, 15) is 9.59 Å². The maximum absolute atomic E-state index is 12.0. The molecule has 20 heavy (non-hydrogen) atoms. The highest BCUT2D eigenvalue weighted by atomic mass is 16.5. The van der Waals surface area contributed by atoms with E-state index in [1.807, 2.05) is 24.3 Å². The van der Waals surface area contributed by atoms with Crippen LogP contribution < -0.4 is 4.74 Å². The van der Waals surface area contributed by atoms with Crippen molar-refractivity contribution in [2.75, 3.05) is 33.3 Å². The summed E-state index contributed by atoms with van der Waals surface area (Å²) in [5.74, 6) is 0.734. The SMILES string of the molecule is COc1cccc(/C=C/C(=O)N2CCN(C=O)CC2)c1. The van der Waals surface area contributed by atoms with Crippen LogP contribution in [0.25, 0.3) is 6.08 Å². The number of methoxy groups -OCH3 is 1. The van der Waals surface area contributed by atoms with Crippen molar-refractivity contribution < 1.29 is 14.3 Å². The van der Waals surface area contributed by atoms with Crippen LogP contribution in [-0.4, -0.2) is 55.4 Å². The van der Waals surface area contributed by atoms with Crippen molar-refractivity contribution in [1.29, 1.82) is 0 Å². The number of hydrogen-bond donors (Lipinski definition) is 0. The number of amides is 2. The summed E-state index contributed by atoms with van der Waals surface area (Å²) in [5.41, 5.74) is 0.921. The molecule has 1 aromatic carbocycles. The number of carbonyl (C=O) groups excluding carboxylic acids is 2. The molecule has 0 aromatic heterocycles. The lowest BCUT2D eigenvalue weighted by Gasteiger charge is -2.31. The molecular weight excluding hydrogens is 256 g/mol. The van der Waals surface area contributed by atoms with Gasteiger partial charge in [0.05, 0.1) is 7.11 Å². The van der Waals surface area contributed by atoms with Crippen molar-refractivity contribution in [3.05, 3.63) is 35.9 Å². The molecule has 0 unspecified atom stereocenters. The van der Waals surface area contributed by atoms with Gasteiger partial charge in [0, 0.05) is 32.3 Å². The maximum Gasteiger partial charge on any atom is 0.246 e. The summed E-state index contributed by atoms with van der Waals surface area (Å²) in [6.45, 7) is 2.37. The molecule has 5 heteroatoms. The molecular formula is C15H18N2O3. The van der Waals surface area contributed by atoms with Gasteiger partial charge in [-0.15, -0.1) is 0 Å². The highest BCUT2D eigenvalue weighted by molar-refractivity contribution is 5.92. The lowest BCUT2D eigenvalue weighted by molar-refractivity contribution is -0.130. The minimum absolute atomic E-state index is 0.0293. The Morgan fingerprint density at radius 3 is 2.65 bits per heavy atom. The third-order valence-corrected chi connectivity index (χ3v) is 3.29. The zero-order valence-electron chi connectivity index (χ0n) is 11.5. The lowest BCUT2D eigenvalue weighted by Crippen LogP contribution is -2.47. The van der Waals surface area contributed by atoms with Gasteiger partial charge in [-0.2, -0.15) is 0 Å². The van der Waals surface area contributed by atoms with Gasteiger partial charge in [0.25, 0.3) is 0 Å². The van der Waals surface area contributed by atoms with Gasteiger partial charge in [-0.05, 0) is 23.8 Å². The Kier molecular flexibility index (Phi) is 4.76. The third kappa shape index (κ3) is 3.60. The minimum Gasteiger partial charge on any atom is -0.497 e. The van der Waals surface area contributed by atoms with Gasteiger partial charge in [-0.25, -0.2) is 0 Å². The topological polar surface area (TPSA) is 49.9 Å². The molecule has 0 aliphatic carbocycles. The first-order valence-electron chi connectivity index (χ1n) is 6.53. The van der Waals surface area contributed by atoms with Crippen molar-refractivity contribution in [3.8, 4) is 5.75 Å². The monoisotopic (exact) mass is 274 g/mol. The van der Waals surface area contributed by atoms with E-state index in [-0.39, 0.29) is 5.91 Å². The summed E-state index contributed by atoms with van der Waals surface area (Å²) in [7, 11) is 1.61. The Morgan fingerprint density at radius 2 is 2.00 bits per heavy atom. The van der Waals surface area contributed by atoms with Gasteiger partial charge in [-0.1, -0.05) is 12.1 Å². The highest BCUT2D eigenvalue weighted by Gasteiger charge is 2.17. The first-order valence-corrected chi connectivity index (χ1v) is 6.53. The van der Waals surface area contributed by atoms with Gasteiger partial charge in [0.1, 0.15) is 5.75 Å². The van der Waals surface area contributed by atoms with Gasteiger partial charge in [-0.3, -0.25) is 9.59 Å². The van der Waals surface area contributed by atoms with Crippen LogP contribution >= 0.6 is 0 Å². The number of nitrogens with zero attached hydrogens (tertiary/aromatic N) is 2. The number of carbonyl (C=O) groups is 2. The van der Waals surface area contributed by atoms with Gasteiger partial charge < -0.3 is 14.5 Å². The molecule has 1 heterocycles. The van der Waals surface area contributed by atoms with E-state index in [4.69, 9.17) is 4.74 Å². The van der Waals surface area contributed by atoms with E-state index in [0.717, 1.165) is 17.7 Å². The second-order valence-electron chi connectivity index (χ2n) is 4.58. The van der Waals surface area contributed by atoms with Crippen molar-refractivity contribution in [2.24, 2.45) is 0 Å². The summed E-state index contributed by atoms with van der Waals surface area (Å²) in [5, 5.41) is 0. The van der Waals surface area contributed by atoms with E-state index in [1.54, 1.807) is 29.1 Å². The summed E-state index contributed by atoms with van der Waals surface area (Å²) < 4.78 is 5.13. The molecule has 2 rings (SSSR count). The molecule has 1 aromatic rings. The second kappa shape index (κ2) is 6.75. The predicted molar refractivity (Wildman–Crippen MR) is 76.2 cm³/mol. The van der Waals surface area contributed by atoms with Crippen LogP contribution in [0, 0.1) is 0 Å². The molecule has 0 radical (unpaired) electrons. The van der Waals surface area contributed by atoms with Crippen LogP contribution in [0.1, 0.15) is 5.56 Å². The first kappa shape index (κ1) is 14.1. The molecule has 1 aliphatic heterocycles. The molecule has 5 nitrogen and oxygen atoms in total. The van der Waals surface area contributed by atoms with E-state index in [1.165, 1.54) is 0 Å². The predicted octanol–water partition coefficient (Wildman–Crippen LogP) is 1.01. The van der Waals surface area contributed by atoms with Crippen LogP contribution in [0.5, 0.6) is 5.75 Å². The fourth-order valence-electron chi connectivity index (χ4n) is 2.07. The van der Waals surface area contributed by atoms with Crippen LogP contribution in [0.2, 0.25) is 0 Å². The summed E-state index contributed by atoms with van der Waals surface area (Å²) in [6.07, 6.45) is 4.16. The van der Waals surface area contributed by atoms with Gasteiger partial charge in [0.15, 0.2) is 0 Å². The first-order chi connectivity index (χ1) is 9.72. The van der Waals surface area contributed by atoms with Crippen LogP contribution in [0.4, 0.5) is 0 Å². The molecule has 1 fully saturated rings. The molecule has 0 N–H and O–H groups in total. The van der Waals surface area contributed by atoms with Gasteiger partial charge in [0.2, 0.25) is 12.3 Å². The average molecular weight is 274 g/mol. The zero-order chi connectivity index (χ0) is 14.4. The summed E-state index contributed by atoms with van der Waals surface area (Å²) in [6, 6.07) is 7.52. The normalized spacial score (nSPS) is 15.4. The quantitative estimate of drug-likeness (QED) is 0.608. The van der Waals surface area contributed by atoms with E-state index in [2.05, 4.69) is 0 Å². The minimum atomic E-state index is -0.0293. The Labute approximate surface area is 118 Å². The van der Waals surface area contributed by atoms with E-state index >= 15 is 0 Å². The Balaban J connectivity index is 1.93. The zero-order valence-corrected chi connectivity index (χ0v) is 11.5. The molecule has 106 valence electrons. The standard InChI is InChI=1S/C15H18N2O3/c1-20-14-4-2-3-13(11-14)5-6-15(19)17-9-7-16(12-18)8-10-17/h2-6,11-12H,7-10H2,1H3/b6-5+. The molecule has 0 atom stereocenters. The molecule has 2 amide bonds. The largest absolute Gasteiger partial charge is 0.497 e. The fourth-order valence-corrected chi connectivity index (χ4v) is 2.07. The van der Waals surface area contributed by atoms with Crippen molar-refractivity contribution in [2.45, 2.75) is 0 Å². The molecule has 0 spiro atoms. The summed E-state index contributed by atoms with van der Waals surface area (Å²) in [4.78, 5) is 26.0. The van der Waals surface area contributed by atoms with Crippen LogP contribution in [0.3, 0.4) is 0 Å². The number of ether oxygens (including phenoxy) is 1. The van der Waals surface area contributed by atoms with Crippen molar-refractivity contribution in [1.82, 2.24) is 9.80 Å². The van der Waals surface area contributed by atoms with Crippen LogP contribution in [-0.2, 0) is 9.59 Å². The average Bonchev–Trinajstić information content (AvgIpc) is 2.53. The highest BCUT2D eigenvalue weighted by Crippen LogP contribution is 2.13. The number of hydrogen-bond acceptors (Lipinski definition) is 3. The molecule has 0 saturated carbocycles. The Morgan fingerprint density at radius 1 is 1.25 bits per heavy atom. The second-order valence-corrected chi connectivity index (χ2v) is 4.58. The summed E-state index contributed by atoms with van der Waals surface area (Å²) >= 11 is 0. The molecule has 0 bridgehead atoms. The van der Waals surface area contributed by atoms with Crippen molar-refractivity contribution >= 4 is 18.4 Å². The smallest absolute Gasteiger partial charge is 0.246 e. The Bertz CT molecular complexity index is 506. The number of rotatable bonds is 4.